The molecule has 0 unspecified atom stereocenters. The topological polar surface area (TPSA) is 62.5 Å². The minimum Gasteiger partial charge on any atom is -0.208 e. The summed E-state index contributed by atoms with van der Waals surface area (Å²) in [5.74, 6) is 1.94. The Hall–Kier alpha value is -6.44. The maximum absolute atomic E-state index is 9.51. The molecule has 0 N–H and O–H groups in total. The van der Waals surface area contributed by atoms with Crippen molar-refractivity contribution >= 4 is 21.5 Å². The van der Waals surface area contributed by atoms with Gasteiger partial charge in [-0.3, -0.25) is 0 Å². The molecule has 0 aliphatic rings. The first-order valence-corrected chi connectivity index (χ1v) is 15.2. The van der Waals surface area contributed by atoms with Gasteiger partial charge in [0.2, 0.25) is 0 Å². The molecule has 7 aromatic carbocycles. The fraction of sp³-hybridized carbons (Fsp3) is 0. The van der Waals surface area contributed by atoms with Gasteiger partial charge in [0.25, 0.3) is 0 Å². The van der Waals surface area contributed by atoms with Gasteiger partial charge in [0, 0.05) is 16.7 Å². The Morgan fingerprint density at radius 1 is 0.370 bits per heavy atom. The number of benzene rings is 7. The van der Waals surface area contributed by atoms with E-state index in [1.54, 1.807) is 0 Å². The van der Waals surface area contributed by atoms with Gasteiger partial charge in [-0.2, -0.15) is 5.26 Å². The Kier molecular flexibility index (Phi) is 6.83. The van der Waals surface area contributed by atoms with E-state index >= 15 is 0 Å². The van der Waals surface area contributed by atoms with E-state index in [4.69, 9.17) is 15.0 Å². The van der Waals surface area contributed by atoms with Crippen LogP contribution in [0.4, 0.5) is 0 Å². The third-order valence-corrected chi connectivity index (χ3v) is 8.37. The van der Waals surface area contributed by atoms with E-state index < -0.39 is 0 Å². The minimum atomic E-state index is 0.639. The van der Waals surface area contributed by atoms with Crippen LogP contribution in [-0.4, -0.2) is 15.0 Å². The van der Waals surface area contributed by atoms with E-state index in [1.807, 2.05) is 72.8 Å². The van der Waals surface area contributed by atoms with E-state index in [0.717, 1.165) is 44.2 Å². The van der Waals surface area contributed by atoms with Crippen molar-refractivity contribution in [3.63, 3.8) is 0 Å². The molecule has 1 heterocycles. The summed E-state index contributed by atoms with van der Waals surface area (Å²) in [6.45, 7) is 0. The van der Waals surface area contributed by atoms with Gasteiger partial charge >= 0.3 is 0 Å². The van der Waals surface area contributed by atoms with Crippen LogP contribution in [-0.2, 0) is 0 Å². The molecule has 1 aromatic heterocycles. The second kappa shape index (κ2) is 11.6. The van der Waals surface area contributed by atoms with Gasteiger partial charge in [0.15, 0.2) is 17.5 Å². The molecule has 4 heteroatoms. The highest BCUT2D eigenvalue weighted by Gasteiger charge is 2.13. The van der Waals surface area contributed by atoms with Gasteiger partial charge < -0.3 is 0 Å². The van der Waals surface area contributed by atoms with Gasteiger partial charge in [0.05, 0.1) is 11.6 Å². The van der Waals surface area contributed by atoms with E-state index in [9.17, 15) is 5.26 Å². The monoisotopic (exact) mass is 586 g/mol. The van der Waals surface area contributed by atoms with Crippen LogP contribution in [0.1, 0.15) is 5.56 Å². The molecule has 0 spiro atoms. The van der Waals surface area contributed by atoms with E-state index in [0.29, 0.717) is 23.0 Å². The minimum absolute atomic E-state index is 0.639. The number of nitrogens with zero attached hydrogens (tertiary/aromatic N) is 4. The number of hydrogen-bond donors (Lipinski definition) is 0. The smallest absolute Gasteiger partial charge is 0.164 e. The van der Waals surface area contributed by atoms with Crippen molar-refractivity contribution < 1.29 is 0 Å². The lowest BCUT2D eigenvalue weighted by Gasteiger charge is -2.11. The molecule has 46 heavy (non-hydrogen) atoms. The predicted molar refractivity (Wildman–Crippen MR) is 187 cm³/mol. The summed E-state index contributed by atoms with van der Waals surface area (Å²) in [6.07, 6.45) is 0. The first-order valence-electron chi connectivity index (χ1n) is 15.2. The third kappa shape index (κ3) is 5.06. The van der Waals surface area contributed by atoms with E-state index in [-0.39, 0.29) is 0 Å². The second-order valence-electron chi connectivity index (χ2n) is 11.2. The molecule has 0 fully saturated rings. The van der Waals surface area contributed by atoms with E-state index in [1.165, 1.54) is 16.3 Å². The van der Waals surface area contributed by atoms with Crippen LogP contribution in [0, 0.1) is 11.3 Å². The third-order valence-electron chi connectivity index (χ3n) is 8.37. The molecular formula is C42H26N4. The summed E-state index contributed by atoms with van der Waals surface area (Å²) >= 11 is 0. The largest absolute Gasteiger partial charge is 0.208 e. The fourth-order valence-corrected chi connectivity index (χ4v) is 6.01. The summed E-state index contributed by atoms with van der Waals surface area (Å²) in [7, 11) is 0. The summed E-state index contributed by atoms with van der Waals surface area (Å²) in [5, 5.41) is 13.9. The highest BCUT2D eigenvalue weighted by atomic mass is 15.0. The lowest BCUT2D eigenvalue weighted by atomic mass is 9.93. The Labute approximate surface area is 266 Å². The van der Waals surface area contributed by atoms with E-state index in [2.05, 4.69) is 91.0 Å². The van der Waals surface area contributed by atoms with Crippen molar-refractivity contribution in [3.05, 3.63) is 163 Å². The average Bonchev–Trinajstić information content (AvgIpc) is 3.14. The summed E-state index contributed by atoms with van der Waals surface area (Å²) in [5.41, 5.74) is 8.08. The molecular weight excluding hydrogens is 560 g/mol. The summed E-state index contributed by atoms with van der Waals surface area (Å²) < 4.78 is 0. The Morgan fingerprint density at radius 2 is 0.848 bits per heavy atom. The van der Waals surface area contributed by atoms with Crippen molar-refractivity contribution in [1.29, 1.82) is 5.26 Å². The molecule has 8 rings (SSSR count). The van der Waals surface area contributed by atoms with Gasteiger partial charge in [-0.15, -0.1) is 0 Å². The first kappa shape index (κ1) is 27.1. The van der Waals surface area contributed by atoms with Crippen LogP contribution in [0.15, 0.2) is 158 Å². The molecule has 0 radical (unpaired) electrons. The fourth-order valence-electron chi connectivity index (χ4n) is 6.01. The van der Waals surface area contributed by atoms with Crippen molar-refractivity contribution in [2.45, 2.75) is 0 Å². The lowest BCUT2D eigenvalue weighted by molar-refractivity contribution is 1.07. The highest BCUT2D eigenvalue weighted by Crippen LogP contribution is 2.34. The quantitative estimate of drug-likeness (QED) is 0.201. The summed E-state index contributed by atoms with van der Waals surface area (Å²) in [6, 6.07) is 56.0. The number of fused-ring (bicyclic) bond motifs is 2. The molecule has 0 saturated heterocycles. The molecule has 0 atom stereocenters. The molecule has 0 aliphatic carbocycles. The predicted octanol–water partition coefficient (Wildman–Crippen LogP) is 10.4. The maximum Gasteiger partial charge on any atom is 0.164 e. The Balaban J connectivity index is 1.14. The summed E-state index contributed by atoms with van der Waals surface area (Å²) in [4.78, 5) is 14.6. The van der Waals surface area contributed by atoms with Gasteiger partial charge in [-0.1, -0.05) is 140 Å². The van der Waals surface area contributed by atoms with Crippen molar-refractivity contribution in [3.8, 4) is 62.5 Å². The number of rotatable bonds is 5. The maximum atomic E-state index is 9.51. The van der Waals surface area contributed by atoms with Crippen molar-refractivity contribution in [2.75, 3.05) is 0 Å². The molecule has 8 aromatic rings. The first-order chi connectivity index (χ1) is 22.7. The van der Waals surface area contributed by atoms with Crippen molar-refractivity contribution in [1.82, 2.24) is 15.0 Å². The van der Waals surface area contributed by atoms with Gasteiger partial charge in [-0.05, 0) is 62.0 Å². The zero-order valence-corrected chi connectivity index (χ0v) is 24.8. The zero-order valence-electron chi connectivity index (χ0n) is 24.8. The molecule has 214 valence electrons. The molecule has 4 nitrogen and oxygen atoms in total. The Bertz CT molecular complexity index is 2350. The normalized spacial score (nSPS) is 11.0. The van der Waals surface area contributed by atoms with Gasteiger partial charge in [0.1, 0.15) is 0 Å². The highest BCUT2D eigenvalue weighted by molar-refractivity contribution is 6.01. The van der Waals surface area contributed by atoms with Crippen LogP contribution in [0.2, 0.25) is 0 Å². The zero-order chi connectivity index (χ0) is 30.9. The number of nitriles is 1. The van der Waals surface area contributed by atoms with Crippen LogP contribution in [0.25, 0.3) is 78.0 Å². The molecule has 0 saturated carbocycles. The molecule has 0 amide bonds. The number of aromatic nitrogens is 3. The van der Waals surface area contributed by atoms with Gasteiger partial charge in [-0.25, -0.2) is 15.0 Å². The standard InChI is InChI=1S/C42H26N4/c43-27-36-15-7-13-33-26-35(22-23-37(33)36)38-16-8-14-34-25-32(21-24-39(34)38)28-17-19-31(20-18-28)42-45-40(29-9-3-1-4-10-29)44-41(46-42)30-11-5-2-6-12-30/h1-26H. The van der Waals surface area contributed by atoms with Crippen LogP contribution < -0.4 is 0 Å². The van der Waals surface area contributed by atoms with Crippen LogP contribution in [0.5, 0.6) is 0 Å². The SMILES string of the molecule is N#Cc1cccc2cc(-c3cccc4cc(-c5ccc(-c6nc(-c7ccccc7)nc(-c7ccccc7)n6)cc5)ccc34)ccc12. The molecule has 0 bridgehead atoms. The second-order valence-corrected chi connectivity index (χ2v) is 11.2. The Morgan fingerprint density at radius 3 is 1.48 bits per heavy atom. The van der Waals surface area contributed by atoms with Crippen LogP contribution >= 0.6 is 0 Å². The average molecular weight is 587 g/mol. The van der Waals surface area contributed by atoms with Crippen LogP contribution in [0.3, 0.4) is 0 Å². The van der Waals surface area contributed by atoms with Crippen molar-refractivity contribution in [2.24, 2.45) is 0 Å². The molecule has 0 aliphatic heterocycles. The lowest BCUT2D eigenvalue weighted by Crippen LogP contribution is -2.00. The number of hydrogen-bond acceptors (Lipinski definition) is 4.